The van der Waals surface area contributed by atoms with Gasteiger partial charge in [-0.05, 0) is 54.9 Å². The highest BCUT2D eigenvalue weighted by Crippen LogP contribution is 2.32. The highest BCUT2D eigenvalue weighted by Gasteiger charge is 2.15. The molecule has 1 amide bonds. The number of hydrogen-bond acceptors (Lipinski definition) is 6. The van der Waals surface area contributed by atoms with Gasteiger partial charge in [0.2, 0.25) is 12.7 Å². The Morgan fingerprint density at radius 2 is 1.82 bits per heavy atom. The normalized spacial score (nSPS) is 12.2. The molecule has 0 bridgehead atoms. The van der Waals surface area contributed by atoms with E-state index in [0.717, 1.165) is 22.4 Å². The number of hydrogen-bond donors (Lipinski definition) is 1. The highest BCUT2D eigenvalue weighted by molar-refractivity contribution is 5.78. The molecular weight excluding hydrogens is 360 g/mol. The number of benzene rings is 2. The van der Waals surface area contributed by atoms with Gasteiger partial charge in [-0.3, -0.25) is 9.69 Å². The van der Waals surface area contributed by atoms with Crippen molar-refractivity contribution in [1.82, 2.24) is 10.2 Å². The lowest BCUT2D eigenvalue weighted by Crippen LogP contribution is -2.34. The van der Waals surface area contributed by atoms with Crippen LogP contribution in [0.15, 0.2) is 30.3 Å². The third-order valence-electron chi connectivity index (χ3n) is 4.62. The van der Waals surface area contributed by atoms with E-state index >= 15 is 0 Å². The van der Waals surface area contributed by atoms with Gasteiger partial charge in [0.25, 0.3) is 0 Å². The Kier molecular flexibility index (Phi) is 6.26. The number of carbonyl (C=O) groups is 1. The average Bonchev–Trinajstić information content (AvgIpc) is 3.15. The van der Waals surface area contributed by atoms with Crippen LogP contribution >= 0.6 is 0 Å². The van der Waals surface area contributed by atoms with E-state index in [2.05, 4.69) is 5.32 Å². The molecule has 0 atom stereocenters. The molecule has 0 saturated heterocycles. The summed E-state index contributed by atoms with van der Waals surface area (Å²) in [5.74, 6) is 2.79. The van der Waals surface area contributed by atoms with E-state index in [0.29, 0.717) is 36.9 Å². The Bertz CT molecular complexity index is 853. The Balaban J connectivity index is 1.53. The van der Waals surface area contributed by atoms with E-state index in [1.54, 1.807) is 14.2 Å². The van der Waals surface area contributed by atoms with Crippen molar-refractivity contribution in [3.05, 3.63) is 47.0 Å². The fourth-order valence-corrected chi connectivity index (χ4v) is 3.09. The number of amides is 1. The molecule has 28 heavy (non-hydrogen) atoms. The lowest BCUT2D eigenvalue weighted by atomic mass is 10.1. The number of aryl methyl sites for hydroxylation is 1. The number of nitrogens with zero attached hydrogens (tertiary/aromatic N) is 1. The first kappa shape index (κ1) is 19.8. The van der Waals surface area contributed by atoms with E-state index in [9.17, 15) is 4.79 Å². The van der Waals surface area contributed by atoms with Crippen molar-refractivity contribution < 1.29 is 23.7 Å². The van der Waals surface area contributed by atoms with Crippen LogP contribution in [0, 0.1) is 6.92 Å². The smallest absolute Gasteiger partial charge is 0.234 e. The molecular formula is C21H26N2O5. The molecule has 2 aromatic rings. The molecule has 3 rings (SSSR count). The molecule has 1 N–H and O–H groups in total. The standard InChI is InChI=1S/C21H26N2O5/c1-14-7-18(25-3)19(26-4)9-16(14)11-23(2)12-21(24)22-10-15-5-6-17-20(8-15)28-13-27-17/h5-9H,10-13H2,1-4H3,(H,22,24). The zero-order valence-electron chi connectivity index (χ0n) is 16.7. The second-order valence-corrected chi connectivity index (χ2v) is 6.77. The van der Waals surface area contributed by atoms with Crippen molar-refractivity contribution in [1.29, 1.82) is 0 Å². The molecule has 7 heteroatoms. The van der Waals surface area contributed by atoms with Crippen molar-refractivity contribution in [2.45, 2.75) is 20.0 Å². The molecule has 0 radical (unpaired) electrons. The van der Waals surface area contributed by atoms with Crippen LogP contribution in [0.4, 0.5) is 0 Å². The Morgan fingerprint density at radius 1 is 1.11 bits per heavy atom. The van der Waals surface area contributed by atoms with Crippen molar-refractivity contribution in [3.63, 3.8) is 0 Å². The fourth-order valence-electron chi connectivity index (χ4n) is 3.09. The lowest BCUT2D eigenvalue weighted by molar-refractivity contribution is -0.122. The van der Waals surface area contributed by atoms with Crippen molar-refractivity contribution in [3.8, 4) is 23.0 Å². The van der Waals surface area contributed by atoms with E-state index in [1.165, 1.54) is 0 Å². The van der Waals surface area contributed by atoms with Gasteiger partial charge in [0.05, 0.1) is 20.8 Å². The molecule has 1 aliphatic rings. The predicted octanol–water partition coefficient (Wildman–Crippen LogP) is 2.49. The van der Waals surface area contributed by atoms with Crippen LogP contribution in [-0.4, -0.2) is 45.4 Å². The second-order valence-electron chi connectivity index (χ2n) is 6.77. The van der Waals surface area contributed by atoms with Crippen molar-refractivity contribution in [2.24, 2.45) is 0 Å². The van der Waals surface area contributed by atoms with Gasteiger partial charge in [0, 0.05) is 13.1 Å². The maximum absolute atomic E-state index is 12.3. The third kappa shape index (κ3) is 4.67. The molecule has 150 valence electrons. The second kappa shape index (κ2) is 8.84. The highest BCUT2D eigenvalue weighted by atomic mass is 16.7. The van der Waals surface area contributed by atoms with E-state index in [1.807, 2.05) is 49.2 Å². The van der Waals surface area contributed by atoms with E-state index in [4.69, 9.17) is 18.9 Å². The quantitative estimate of drug-likeness (QED) is 0.752. The number of ether oxygens (including phenoxy) is 4. The number of fused-ring (bicyclic) bond motifs is 1. The molecule has 1 heterocycles. The van der Waals surface area contributed by atoms with Crippen molar-refractivity contribution in [2.75, 3.05) is 34.6 Å². The molecule has 0 spiro atoms. The van der Waals surface area contributed by atoms with Crippen LogP contribution in [0.2, 0.25) is 0 Å². The zero-order valence-corrected chi connectivity index (χ0v) is 16.7. The van der Waals surface area contributed by atoms with Crippen LogP contribution in [0.5, 0.6) is 23.0 Å². The minimum absolute atomic E-state index is 0.0432. The first-order valence-electron chi connectivity index (χ1n) is 9.05. The minimum atomic E-state index is -0.0432. The lowest BCUT2D eigenvalue weighted by Gasteiger charge is -2.19. The summed E-state index contributed by atoms with van der Waals surface area (Å²) in [4.78, 5) is 14.3. The molecule has 0 saturated carbocycles. The molecule has 1 aliphatic heterocycles. The number of nitrogens with one attached hydrogen (secondary N) is 1. The first-order chi connectivity index (χ1) is 13.5. The Hall–Kier alpha value is -2.93. The summed E-state index contributed by atoms with van der Waals surface area (Å²) in [6.45, 7) is 3.62. The summed E-state index contributed by atoms with van der Waals surface area (Å²) in [5.41, 5.74) is 3.14. The van der Waals surface area contributed by atoms with Gasteiger partial charge in [0.15, 0.2) is 23.0 Å². The monoisotopic (exact) mass is 386 g/mol. The van der Waals surface area contributed by atoms with Gasteiger partial charge in [-0.2, -0.15) is 0 Å². The van der Waals surface area contributed by atoms with Gasteiger partial charge >= 0.3 is 0 Å². The van der Waals surface area contributed by atoms with Gasteiger partial charge in [0.1, 0.15) is 0 Å². The number of rotatable bonds is 8. The summed E-state index contributed by atoms with van der Waals surface area (Å²) in [5, 5.41) is 2.94. The predicted molar refractivity (Wildman–Crippen MR) is 105 cm³/mol. The maximum atomic E-state index is 12.3. The molecule has 0 fully saturated rings. The van der Waals surface area contributed by atoms with Crippen LogP contribution < -0.4 is 24.3 Å². The molecule has 0 unspecified atom stereocenters. The van der Waals surface area contributed by atoms with E-state index in [-0.39, 0.29) is 12.7 Å². The number of likely N-dealkylation sites (N-methyl/N-ethyl adjacent to an activating group) is 1. The van der Waals surface area contributed by atoms with Gasteiger partial charge in [-0.25, -0.2) is 0 Å². The summed E-state index contributed by atoms with van der Waals surface area (Å²) >= 11 is 0. The minimum Gasteiger partial charge on any atom is -0.493 e. The van der Waals surface area contributed by atoms with E-state index < -0.39 is 0 Å². The molecule has 0 aliphatic carbocycles. The zero-order chi connectivity index (χ0) is 20.1. The van der Waals surface area contributed by atoms with Crippen LogP contribution in [0.1, 0.15) is 16.7 Å². The average molecular weight is 386 g/mol. The summed E-state index contributed by atoms with van der Waals surface area (Å²) < 4.78 is 21.4. The first-order valence-corrected chi connectivity index (χ1v) is 9.05. The Labute approximate surface area is 165 Å². The van der Waals surface area contributed by atoms with Gasteiger partial charge in [-0.15, -0.1) is 0 Å². The van der Waals surface area contributed by atoms with Crippen LogP contribution in [0.25, 0.3) is 0 Å². The van der Waals surface area contributed by atoms with Crippen LogP contribution in [0.3, 0.4) is 0 Å². The summed E-state index contributed by atoms with van der Waals surface area (Å²) in [6, 6.07) is 9.57. The largest absolute Gasteiger partial charge is 0.493 e. The fraction of sp³-hybridized carbons (Fsp3) is 0.381. The third-order valence-corrected chi connectivity index (χ3v) is 4.62. The molecule has 2 aromatic carbocycles. The number of methoxy groups -OCH3 is 2. The topological polar surface area (TPSA) is 69.3 Å². The maximum Gasteiger partial charge on any atom is 0.234 e. The van der Waals surface area contributed by atoms with Gasteiger partial charge < -0.3 is 24.3 Å². The molecule has 0 aromatic heterocycles. The molecule has 7 nitrogen and oxygen atoms in total. The number of carbonyl (C=O) groups excluding carboxylic acids is 1. The summed E-state index contributed by atoms with van der Waals surface area (Å²) in [6.07, 6.45) is 0. The SMILES string of the molecule is COc1cc(C)c(CN(C)CC(=O)NCc2ccc3c(c2)OCO3)cc1OC. The van der Waals surface area contributed by atoms with Gasteiger partial charge in [-0.1, -0.05) is 6.07 Å². The van der Waals surface area contributed by atoms with Crippen LogP contribution in [-0.2, 0) is 17.9 Å². The van der Waals surface area contributed by atoms with Crippen molar-refractivity contribution >= 4 is 5.91 Å². The summed E-state index contributed by atoms with van der Waals surface area (Å²) in [7, 11) is 5.15. The Morgan fingerprint density at radius 3 is 2.57 bits per heavy atom.